The average molecular weight is 224 g/mol. The van der Waals surface area contributed by atoms with Gasteiger partial charge in [-0.3, -0.25) is 4.79 Å². The molecule has 0 saturated heterocycles. The molecule has 0 heterocycles. The van der Waals surface area contributed by atoms with Gasteiger partial charge >= 0.3 is 0 Å². The Hall–Kier alpha value is -1.38. The second kappa shape index (κ2) is 6.26. The van der Waals surface area contributed by atoms with Crippen LogP contribution in [0.15, 0.2) is 24.3 Å². The molecule has 1 aromatic rings. The summed E-state index contributed by atoms with van der Waals surface area (Å²) in [6, 6.07) is 5.88. The number of carbonyl (C=O) groups excluding carboxylic acids is 1. The van der Waals surface area contributed by atoms with Gasteiger partial charge in [-0.1, -0.05) is 13.8 Å². The van der Waals surface area contributed by atoms with E-state index in [-0.39, 0.29) is 17.5 Å². The molecule has 0 unspecified atom stereocenters. The van der Waals surface area contributed by atoms with E-state index in [0.29, 0.717) is 25.2 Å². The van der Waals surface area contributed by atoms with Crippen molar-refractivity contribution in [3.05, 3.63) is 30.1 Å². The van der Waals surface area contributed by atoms with Crippen molar-refractivity contribution in [3.63, 3.8) is 0 Å². The molecule has 0 atom stereocenters. The Morgan fingerprint density at radius 1 is 1.31 bits per heavy atom. The highest BCUT2D eigenvalue weighted by Crippen LogP contribution is 2.11. The molecule has 0 spiro atoms. The van der Waals surface area contributed by atoms with Gasteiger partial charge in [0.1, 0.15) is 17.3 Å². The number of hydrogen-bond donors (Lipinski definition) is 0. The predicted octanol–water partition coefficient (Wildman–Crippen LogP) is 3.21. The second-order valence-corrected chi connectivity index (χ2v) is 4.03. The molecule has 88 valence electrons. The molecule has 0 aromatic heterocycles. The Morgan fingerprint density at radius 3 is 2.50 bits per heavy atom. The molecule has 1 rings (SSSR count). The molecule has 0 N–H and O–H groups in total. The third-order valence-corrected chi connectivity index (χ3v) is 2.29. The van der Waals surface area contributed by atoms with Crippen LogP contribution in [-0.2, 0) is 4.79 Å². The fourth-order valence-electron chi connectivity index (χ4n) is 1.26. The zero-order valence-corrected chi connectivity index (χ0v) is 9.70. The smallest absolute Gasteiger partial charge is 0.135 e. The van der Waals surface area contributed by atoms with E-state index in [1.165, 1.54) is 12.1 Å². The summed E-state index contributed by atoms with van der Waals surface area (Å²) in [5.74, 6) is 0.703. The Labute approximate surface area is 95.4 Å². The standard InChI is InChI=1S/C13H17FO2/c1-10(2)13(15)4-3-9-16-12-7-5-11(14)6-8-12/h5-8,10H,3-4,9H2,1-2H3. The average Bonchev–Trinajstić information content (AvgIpc) is 2.26. The van der Waals surface area contributed by atoms with Crippen LogP contribution in [0, 0.1) is 11.7 Å². The third kappa shape index (κ3) is 4.43. The van der Waals surface area contributed by atoms with Crippen LogP contribution in [0.1, 0.15) is 26.7 Å². The number of rotatable bonds is 6. The summed E-state index contributed by atoms with van der Waals surface area (Å²) in [6.07, 6.45) is 1.24. The molecule has 0 radical (unpaired) electrons. The molecule has 1 aromatic carbocycles. The normalized spacial score (nSPS) is 10.5. The van der Waals surface area contributed by atoms with E-state index in [1.807, 2.05) is 13.8 Å². The summed E-state index contributed by atoms with van der Waals surface area (Å²) in [6.45, 7) is 4.27. The van der Waals surface area contributed by atoms with E-state index < -0.39 is 0 Å². The van der Waals surface area contributed by atoms with Crippen LogP contribution >= 0.6 is 0 Å². The quantitative estimate of drug-likeness (QED) is 0.693. The van der Waals surface area contributed by atoms with Crippen LogP contribution in [0.25, 0.3) is 0 Å². The SMILES string of the molecule is CC(C)C(=O)CCCOc1ccc(F)cc1. The number of carbonyl (C=O) groups is 1. The number of ketones is 1. The Morgan fingerprint density at radius 2 is 1.94 bits per heavy atom. The Bertz CT molecular complexity index is 330. The lowest BCUT2D eigenvalue weighted by Crippen LogP contribution is -2.08. The summed E-state index contributed by atoms with van der Waals surface area (Å²) in [7, 11) is 0. The van der Waals surface area contributed by atoms with Crippen LogP contribution in [0.5, 0.6) is 5.75 Å². The first-order valence-corrected chi connectivity index (χ1v) is 5.50. The fraction of sp³-hybridized carbons (Fsp3) is 0.462. The summed E-state index contributed by atoms with van der Waals surface area (Å²) in [5.41, 5.74) is 0. The van der Waals surface area contributed by atoms with Crippen molar-refractivity contribution in [1.82, 2.24) is 0 Å². The molecule has 0 aliphatic carbocycles. The van der Waals surface area contributed by atoms with Crippen molar-refractivity contribution < 1.29 is 13.9 Å². The van der Waals surface area contributed by atoms with Crippen LogP contribution in [0.3, 0.4) is 0 Å². The minimum atomic E-state index is -0.276. The van der Waals surface area contributed by atoms with E-state index in [9.17, 15) is 9.18 Å². The maximum absolute atomic E-state index is 12.6. The number of Topliss-reactive ketones (excluding diaryl/α,β-unsaturated/α-hetero) is 1. The van der Waals surface area contributed by atoms with Crippen molar-refractivity contribution in [1.29, 1.82) is 0 Å². The molecular weight excluding hydrogens is 207 g/mol. The zero-order valence-electron chi connectivity index (χ0n) is 9.70. The highest BCUT2D eigenvalue weighted by Gasteiger charge is 2.06. The van der Waals surface area contributed by atoms with Crippen molar-refractivity contribution in [2.24, 2.45) is 5.92 Å². The van der Waals surface area contributed by atoms with Gasteiger partial charge in [0.15, 0.2) is 0 Å². The lowest BCUT2D eigenvalue weighted by molar-refractivity contribution is -0.122. The minimum absolute atomic E-state index is 0.0887. The highest BCUT2D eigenvalue weighted by molar-refractivity contribution is 5.80. The van der Waals surface area contributed by atoms with Gasteiger partial charge in [0.25, 0.3) is 0 Å². The summed E-state index contributed by atoms with van der Waals surface area (Å²) < 4.78 is 17.9. The van der Waals surface area contributed by atoms with Crippen LogP contribution in [0.4, 0.5) is 4.39 Å². The van der Waals surface area contributed by atoms with E-state index in [4.69, 9.17) is 4.74 Å². The number of hydrogen-bond acceptors (Lipinski definition) is 2. The molecule has 2 nitrogen and oxygen atoms in total. The second-order valence-electron chi connectivity index (χ2n) is 4.03. The molecule has 0 aliphatic rings. The molecular formula is C13H17FO2. The van der Waals surface area contributed by atoms with Gasteiger partial charge in [-0.15, -0.1) is 0 Å². The van der Waals surface area contributed by atoms with Crippen molar-refractivity contribution in [2.75, 3.05) is 6.61 Å². The first-order valence-electron chi connectivity index (χ1n) is 5.50. The summed E-state index contributed by atoms with van der Waals surface area (Å²) in [5, 5.41) is 0. The largest absolute Gasteiger partial charge is 0.494 e. The molecule has 0 amide bonds. The Balaban J connectivity index is 2.21. The van der Waals surface area contributed by atoms with Gasteiger partial charge in [-0.05, 0) is 30.7 Å². The number of halogens is 1. The van der Waals surface area contributed by atoms with Gasteiger partial charge in [0.05, 0.1) is 6.61 Å². The lowest BCUT2D eigenvalue weighted by atomic mass is 10.1. The van der Waals surface area contributed by atoms with Crippen LogP contribution in [0.2, 0.25) is 0 Å². The van der Waals surface area contributed by atoms with Gasteiger partial charge in [-0.2, -0.15) is 0 Å². The number of ether oxygens (including phenoxy) is 1. The summed E-state index contributed by atoms with van der Waals surface area (Å²) in [4.78, 5) is 11.3. The lowest BCUT2D eigenvalue weighted by Gasteiger charge is -2.06. The van der Waals surface area contributed by atoms with Crippen molar-refractivity contribution >= 4 is 5.78 Å². The summed E-state index contributed by atoms with van der Waals surface area (Å²) >= 11 is 0. The van der Waals surface area contributed by atoms with Crippen molar-refractivity contribution in [2.45, 2.75) is 26.7 Å². The monoisotopic (exact) mass is 224 g/mol. The molecule has 0 bridgehead atoms. The van der Waals surface area contributed by atoms with Gasteiger partial charge in [0.2, 0.25) is 0 Å². The van der Waals surface area contributed by atoms with Gasteiger partial charge in [0, 0.05) is 12.3 Å². The molecule has 0 fully saturated rings. The first-order chi connectivity index (χ1) is 7.59. The van der Waals surface area contributed by atoms with Crippen LogP contribution in [-0.4, -0.2) is 12.4 Å². The minimum Gasteiger partial charge on any atom is -0.494 e. The fourth-order valence-corrected chi connectivity index (χ4v) is 1.26. The maximum Gasteiger partial charge on any atom is 0.135 e. The van der Waals surface area contributed by atoms with E-state index >= 15 is 0 Å². The van der Waals surface area contributed by atoms with Crippen LogP contribution < -0.4 is 4.74 Å². The maximum atomic E-state index is 12.6. The Kier molecular flexibility index (Phi) is 4.96. The number of benzene rings is 1. The molecule has 16 heavy (non-hydrogen) atoms. The predicted molar refractivity (Wildman–Crippen MR) is 61.0 cm³/mol. The van der Waals surface area contributed by atoms with E-state index in [1.54, 1.807) is 12.1 Å². The molecule has 3 heteroatoms. The topological polar surface area (TPSA) is 26.3 Å². The molecule has 0 saturated carbocycles. The zero-order chi connectivity index (χ0) is 12.0. The third-order valence-electron chi connectivity index (χ3n) is 2.29. The van der Waals surface area contributed by atoms with Gasteiger partial charge < -0.3 is 4.74 Å². The first kappa shape index (κ1) is 12.7. The highest BCUT2D eigenvalue weighted by atomic mass is 19.1. The van der Waals surface area contributed by atoms with Crippen molar-refractivity contribution in [3.8, 4) is 5.75 Å². The van der Waals surface area contributed by atoms with E-state index in [0.717, 1.165) is 0 Å². The molecule has 0 aliphatic heterocycles. The van der Waals surface area contributed by atoms with E-state index in [2.05, 4.69) is 0 Å². The van der Waals surface area contributed by atoms with Gasteiger partial charge in [-0.25, -0.2) is 4.39 Å².